The molecule has 8 heteroatoms. The summed E-state index contributed by atoms with van der Waals surface area (Å²) in [5.74, 6) is -3.67. The van der Waals surface area contributed by atoms with Crippen molar-refractivity contribution >= 4 is 29.1 Å². The van der Waals surface area contributed by atoms with E-state index in [0.717, 1.165) is 0 Å². The highest BCUT2D eigenvalue weighted by Crippen LogP contribution is 2.72. The van der Waals surface area contributed by atoms with E-state index in [1.807, 2.05) is 13.8 Å². The number of hydrogen-bond donors (Lipinski definition) is 2. The fourth-order valence-electron chi connectivity index (χ4n) is 7.82. The molecular formula is C24H30ClFO6. The zero-order valence-electron chi connectivity index (χ0n) is 18.8. The van der Waals surface area contributed by atoms with Crippen LogP contribution in [0.3, 0.4) is 0 Å². The van der Waals surface area contributed by atoms with Crippen molar-refractivity contribution in [3.8, 4) is 0 Å². The summed E-state index contributed by atoms with van der Waals surface area (Å²) < 4.78 is 20.6. The highest BCUT2D eigenvalue weighted by Gasteiger charge is 2.76. The average Bonchev–Trinajstić information content (AvgIpc) is 2.93. The van der Waals surface area contributed by atoms with E-state index in [2.05, 4.69) is 0 Å². The summed E-state index contributed by atoms with van der Waals surface area (Å²) in [5, 5.41) is 21.3. The number of fused-ring (bicyclic) bond motifs is 5. The zero-order valence-corrected chi connectivity index (χ0v) is 19.5. The normalized spacial score (nSPS) is 47.6. The van der Waals surface area contributed by atoms with Crippen LogP contribution in [0.25, 0.3) is 0 Å². The summed E-state index contributed by atoms with van der Waals surface area (Å²) in [4.78, 5) is 35.9. The maximum Gasteiger partial charge on any atom is 0.303 e. The number of carbonyl (C=O) groups excluding carboxylic acids is 3. The molecule has 0 bridgehead atoms. The highest BCUT2D eigenvalue weighted by molar-refractivity contribution is 6.26. The second-order valence-electron chi connectivity index (χ2n) is 10.4. The van der Waals surface area contributed by atoms with E-state index < -0.39 is 63.3 Å². The van der Waals surface area contributed by atoms with E-state index in [1.165, 1.54) is 13.0 Å². The van der Waals surface area contributed by atoms with Crippen LogP contribution in [0.1, 0.15) is 53.4 Å². The van der Waals surface area contributed by atoms with Gasteiger partial charge in [-0.2, -0.15) is 0 Å². The van der Waals surface area contributed by atoms with Gasteiger partial charge in [0.05, 0.1) is 11.0 Å². The molecule has 6 nitrogen and oxygen atoms in total. The SMILES string of the molecule is CC(=O)O[C@]1(C(=O)CO)[C@@H](C)C[C@H]2[C@@H]3CCC4=C(F)C(=O)C=C[C@]4(C)[C@@]3(Cl)[C@@H](O)C[C@@]21C. The van der Waals surface area contributed by atoms with Crippen LogP contribution in [0.2, 0.25) is 0 Å². The quantitative estimate of drug-likeness (QED) is 0.487. The van der Waals surface area contributed by atoms with Gasteiger partial charge in [-0.15, -0.1) is 11.6 Å². The minimum Gasteiger partial charge on any atom is -0.450 e. The van der Waals surface area contributed by atoms with E-state index in [0.29, 0.717) is 24.8 Å². The van der Waals surface area contributed by atoms with E-state index in [1.54, 1.807) is 13.0 Å². The van der Waals surface area contributed by atoms with Gasteiger partial charge in [0.15, 0.2) is 11.4 Å². The molecule has 0 heterocycles. The van der Waals surface area contributed by atoms with Gasteiger partial charge in [0.2, 0.25) is 11.6 Å². The van der Waals surface area contributed by atoms with Crippen molar-refractivity contribution in [3.63, 3.8) is 0 Å². The van der Waals surface area contributed by atoms with Crippen molar-refractivity contribution in [3.05, 3.63) is 23.6 Å². The summed E-state index contributed by atoms with van der Waals surface area (Å²) in [6, 6.07) is 0. The first-order valence-electron chi connectivity index (χ1n) is 11.1. The summed E-state index contributed by atoms with van der Waals surface area (Å²) in [7, 11) is 0. The lowest BCUT2D eigenvalue weighted by molar-refractivity contribution is -0.201. The highest BCUT2D eigenvalue weighted by atomic mass is 35.5. The summed E-state index contributed by atoms with van der Waals surface area (Å²) in [6.45, 7) is 5.84. The molecule has 0 aliphatic heterocycles. The van der Waals surface area contributed by atoms with Gasteiger partial charge in [-0.1, -0.05) is 26.8 Å². The number of aliphatic hydroxyl groups is 2. The minimum atomic E-state index is -1.59. The molecule has 0 amide bonds. The van der Waals surface area contributed by atoms with Gasteiger partial charge in [-0.3, -0.25) is 14.4 Å². The molecule has 32 heavy (non-hydrogen) atoms. The molecule has 2 N–H and O–H groups in total. The van der Waals surface area contributed by atoms with Crippen LogP contribution in [-0.2, 0) is 19.1 Å². The van der Waals surface area contributed by atoms with Crippen molar-refractivity contribution in [1.29, 1.82) is 0 Å². The van der Waals surface area contributed by atoms with E-state index >= 15 is 0 Å². The molecule has 0 spiro atoms. The Morgan fingerprint density at radius 2 is 1.97 bits per heavy atom. The molecule has 0 unspecified atom stereocenters. The molecule has 4 aliphatic rings. The molecule has 0 aromatic carbocycles. The Balaban J connectivity index is 1.88. The zero-order chi connectivity index (χ0) is 23.9. The summed E-state index contributed by atoms with van der Waals surface area (Å²) >= 11 is 7.29. The van der Waals surface area contributed by atoms with Gasteiger partial charge in [0.1, 0.15) is 6.61 Å². The number of ketones is 2. The van der Waals surface area contributed by atoms with Crippen molar-refractivity contribution < 1.29 is 33.7 Å². The van der Waals surface area contributed by atoms with Gasteiger partial charge in [0.25, 0.3) is 0 Å². The number of allylic oxidation sites excluding steroid dienone is 4. The molecule has 4 aliphatic carbocycles. The number of Topliss-reactive ketones (excluding diaryl/α,β-unsaturated/α-hetero) is 1. The lowest BCUT2D eigenvalue weighted by Crippen LogP contribution is -2.69. The van der Waals surface area contributed by atoms with Crippen molar-refractivity contribution in [1.82, 2.24) is 0 Å². The predicted molar refractivity (Wildman–Crippen MR) is 114 cm³/mol. The van der Waals surface area contributed by atoms with Crippen molar-refractivity contribution in [2.45, 2.75) is 70.0 Å². The second-order valence-corrected chi connectivity index (χ2v) is 11.0. The Kier molecular flexibility index (Phi) is 5.32. The molecule has 176 valence electrons. The third-order valence-electron chi connectivity index (χ3n) is 9.14. The first-order chi connectivity index (χ1) is 14.8. The lowest BCUT2D eigenvalue weighted by atomic mass is 9.45. The Bertz CT molecular complexity index is 960. The molecule has 3 saturated carbocycles. The van der Waals surface area contributed by atoms with Crippen LogP contribution in [0.15, 0.2) is 23.6 Å². The number of rotatable bonds is 3. The molecule has 3 fully saturated rings. The van der Waals surface area contributed by atoms with Crippen LogP contribution in [0.4, 0.5) is 4.39 Å². The molecule has 0 aromatic heterocycles. The van der Waals surface area contributed by atoms with Crippen molar-refractivity contribution in [2.75, 3.05) is 6.61 Å². The molecule has 0 aromatic rings. The topological polar surface area (TPSA) is 101 Å². The number of ether oxygens (including phenoxy) is 1. The number of aliphatic hydroxyl groups excluding tert-OH is 2. The predicted octanol–water partition coefficient (Wildman–Crippen LogP) is 3.03. The van der Waals surface area contributed by atoms with E-state index in [9.17, 15) is 29.0 Å². The van der Waals surface area contributed by atoms with Gasteiger partial charge in [-0.05, 0) is 49.2 Å². The number of hydrogen-bond acceptors (Lipinski definition) is 6. The van der Waals surface area contributed by atoms with Crippen LogP contribution in [-0.4, -0.2) is 50.9 Å². The molecule has 4 rings (SSSR count). The summed E-state index contributed by atoms with van der Waals surface area (Å²) in [6.07, 6.45) is 2.88. The van der Waals surface area contributed by atoms with Crippen LogP contribution in [0.5, 0.6) is 0 Å². The van der Waals surface area contributed by atoms with Gasteiger partial charge >= 0.3 is 5.97 Å². The Morgan fingerprint density at radius 1 is 1.31 bits per heavy atom. The minimum absolute atomic E-state index is 0.0350. The molecule has 0 radical (unpaired) electrons. The largest absolute Gasteiger partial charge is 0.450 e. The van der Waals surface area contributed by atoms with Crippen molar-refractivity contribution in [2.24, 2.45) is 28.6 Å². The fraction of sp³-hybridized carbons (Fsp3) is 0.708. The summed E-state index contributed by atoms with van der Waals surface area (Å²) in [5.41, 5.74) is -3.32. The van der Waals surface area contributed by atoms with Gasteiger partial charge in [0, 0.05) is 23.7 Å². The molecular weight excluding hydrogens is 439 g/mol. The Hall–Kier alpha value is -1.57. The maximum atomic E-state index is 14.8. The Morgan fingerprint density at radius 3 is 2.56 bits per heavy atom. The third-order valence-corrected chi connectivity index (χ3v) is 10.1. The lowest BCUT2D eigenvalue weighted by Gasteiger charge is -2.64. The Labute approximate surface area is 191 Å². The van der Waals surface area contributed by atoms with E-state index in [4.69, 9.17) is 16.3 Å². The number of esters is 1. The molecule has 8 atom stereocenters. The van der Waals surface area contributed by atoms with E-state index in [-0.39, 0.29) is 18.3 Å². The first kappa shape index (κ1) is 23.6. The average molecular weight is 469 g/mol. The fourth-order valence-corrected chi connectivity index (χ4v) is 8.34. The second kappa shape index (κ2) is 7.21. The maximum absolute atomic E-state index is 14.8. The first-order valence-corrected chi connectivity index (χ1v) is 11.5. The smallest absolute Gasteiger partial charge is 0.303 e. The monoisotopic (exact) mass is 468 g/mol. The standard InChI is InChI=1S/C24H30ClFO6/c1-12-9-16-14-5-6-15-20(26)17(29)7-8-21(15,3)23(14,25)18(30)10-22(16,4)24(12,19(31)11-27)32-13(2)28/h7-8,12,14,16,18,27,30H,5-6,9-11H2,1-4H3/t12-,14-,16-,18-,21-,22-,23-,24-/m0/s1. The van der Waals surface area contributed by atoms with Gasteiger partial charge in [-0.25, -0.2) is 4.39 Å². The van der Waals surface area contributed by atoms with Crippen LogP contribution in [0, 0.1) is 28.6 Å². The number of halogens is 2. The number of carbonyl (C=O) groups is 3. The molecule has 0 saturated heterocycles. The van der Waals surface area contributed by atoms with Gasteiger partial charge < -0.3 is 14.9 Å². The van der Waals surface area contributed by atoms with Crippen LogP contribution >= 0.6 is 11.6 Å². The third kappa shape index (κ3) is 2.56. The van der Waals surface area contributed by atoms with Crippen LogP contribution < -0.4 is 0 Å². The number of alkyl halides is 1.